The van der Waals surface area contributed by atoms with E-state index in [0.717, 1.165) is 54.2 Å². The van der Waals surface area contributed by atoms with Gasteiger partial charge in [-0.3, -0.25) is 9.59 Å². The highest BCUT2D eigenvalue weighted by molar-refractivity contribution is 5.81. The van der Waals surface area contributed by atoms with Crippen molar-refractivity contribution in [3.63, 3.8) is 0 Å². The number of ketones is 1. The maximum absolute atomic E-state index is 12.8. The van der Waals surface area contributed by atoms with E-state index in [1.807, 2.05) is 6.92 Å². The Morgan fingerprint density at radius 1 is 1.03 bits per heavy atom. The van der Waals surface area contributed by atoms with Gasteiger partial charge in [-0.25, -0.2) is 0 Å². The third-order valence-electron chi connectivity index (χ3n) is 7.23. The summed E-state index contributed by atoms with van der Waals surface area (Å²) in [7, 11) is 0. The van der Waals surface area contributed by atoms with Crippen molar-refractivity contribution in [2.24, 2.45) is 5.92 Å². The fourth-order valence-electron chi connectivity index (χ4n) is 5.76. The minimum Gasteiger partial charge on any atom is -0.467 e. The van der Waals surface area contributed by atoms with E-state index in [-0.39, 0.29) is 12.6 Å². The number of benzene rings is 1. The van der Waals surface area contributed by atoms with Crippen molar-refractivity contribution < 1.29 is 19.1 Å². The first-order chi connectivity index (χ1) is 15.1. The molecule has 0 aromatic heterocycles. The SMILES string of the molecule is Cc1cc2c(c(CC(=O)CCCCCC(=O)N3CCCC4CCCCC43)c1)OCOC2. The molecule has 170 valence electrons. The molecule has 4 rings (SSSR count). The number of hydrogen-bond donors (Lipinski definition) is 0. The van der Waals surface area contributed by atoms with E-state index >= 15 is 0 Å². The Bertz CT molecular complexity index is 788. The first-order valence-electron chi connectivity index (χ1n) is 12.3. The predicted octanol–water partition coefficient (Wildman–Crippen LogP) is 5.10. The van der Waals surface area contributed by atoms with E-state index in [0.29, 0.717) is 37.8 Å². The maximum atomic E-state index is 12.8. The average molecular weight is 428 g/mol. The number of piperidine rings is 1. The Morgan fingerprint density at radius 2 is 1.84 bits per heavy atom. The molecular weight excluding hydrogens is 390 g/mol. The number of hydrogen-bond acceptors (Lipinski definition) is 4. The van der Waals surface area contributed by atoms with Crippen molar-refractivity contribution in [3.8, 4) is 5.75 Å². The lowest BCUT2D eigenvalue weighted by molar-refractivity contribution is -0.137. The van der Waals surface area contributed by atoms with Crippen LogP contribution in [0.25, 0.3) is 0 Å². The van der Waals surface area contributed by atoms with Crippen LogP contribution < -0.4 is 4.74 Å². The quantitative estimate of drug-likeness (QED) is 0.541. The molecule has 31 heavy (non-hydrogen) atoms. The van der Waals surface area contributed by atoms with Gasteiger partial charge in [0.25, 0.3) is 0 Å². The molecule has 0 N–H and O–H groups in total. The highest BCUT2D eigenvalue weighted by Crippen LogP contribution is 2.35. The first kappa shape index (κ1) is 22.3. The van der Waals surface area contributed by atoms with E-state index in [1.54, 1.807) is 0 Å². The Morgan fingerprint density at radius 3 is 2.74 bits per heavy atom. The summed E-state index contributed by atoms with van der Waals surface area (Å²) in [4.78, 5) is 27.5. The van der Waals surface area contributed by atoms with Gasteiger partial charge in [0.1, 0.15) is 11.5 Å². The molecule has 1 saturated heterocycles. The highest BCUT2D eigenvalue weighted by atomic mass is 16.7. The van der Waals surface area contributed by atoms with E-state index < -0.39 is 0 Å². The molecule has 1 saturated carbocycles. The summed E-state index contributed by atoms with van der Waals surface area (Å²) in [6, 6.07) is 4.62. The van der Waals surface area contributed by atoms with Gasteiger partial charge in [-0.2, -0.15) is 0 Å². The molecule has 5 heteroatoms. The van der Waals surface area contributed by atoms with Crippen LogP contribution in [0.1, 0.15) is 87.3 Å². The molecule has 2 unspecified atom stereocenters. The summed E-state index contributed by atoms with van der Waals surface area (Å²) in [5.41, 5.74) is 3.14. The van der Waals surface area contributed by atoms with Crippen LogP contribution in [0.15, 0.2) is 12.1 Å². The van der Waals surface area contributed by atoms with Crippen LogP contribution in [-0.4, -0.2) is 36.0 Å². The number of Topliss-reactive ketones (excluding diaryl/α,β-unsaturated/α-hetero) is 1. The van der Waals surface area contributed by atoms with Crippen molar-refractivity contribution in [2.45, 2.75) is 96.6 Å². The van der Waals surface area contributed by atoms with Gasteiger partial charge >= 0.3 is 0 Å². The zero-order valence-corrected chi connectivity index (χ0v) is 19.0. The van der Waals surface area contributed by atoms with Crippen LogP contribution in [0.5, 0.6) is 5.75 Å². The summed E-state index contributed by atoms with van der Waals surface area (Å²) in [5, 5.41) is 0. The van der Waals surface area contributed by atoms with Gasteiger partial charge in [-0.05, 0) is 51.4 Å². The summed E-state index contributed by atoms with van der Waals surface area (Å²) in [6.07, 6.45) is 11.9. The summed E-state index contributed by atoms with van der Waals surface area (Å²) in [6.45, 7) is 3.79. The highest BCUT2D eigenvalue weighted by Gasteiger charge is 2.35. The van der Waals surface area contributed by atoms with Gasteiger partial charge in [0.2, 0.25) is 5.91 Å². The van der Waals surface area contributed by atoms with Crippen LogP contribution in [-0.2, 0) is 27.4 Å². The van der Waals surface area contributed by atoms with Gasteiger partial charge in [-0.15, -0.1) is 0 Å². The first-order valence-corrected chi connectivity index (χ1v) is 12.3. The number of unbranched alkanes of at least 4 members (excludes halogenated alkanes) is 2. The molecule has 3 aliphatic rings. The van der Waals surface area contributed by atoms with E-state index in [4.69, 9.17) is 9.47 Å². The fourth-order valence-corrected chi connectivity index (χ4v) is 5.76. The summed E-state index contributed by atoms with van der Waals surface area (Å²) >= 11 is 0. The number of amides is 1. The van der Waals surface area contributed by atoms with Crippen LogP contribution in [0.3, 0.4) is 0 Å². The molecule has 1 aromatic carbocycles. The predicted molar refractivity (Wildman–Crippen MR) is 120 cm³/mol. The Labute approximate surface area is 186 Å². The lowest BCUT2D eigenvalue weighted by atomic mass is 9.78. The topological polar surface area (TPSA) is 55.8 Å². The van der Waals surface area contributed by atoms with Gasteiger partial charge in [0.15, 0.2) is 6.79 Å². The smallest absolute Gasteiger partial charge is 0.222 e. The van der Waals surface area contributed by atoms with Gasteiger partial charge in [-0.1, -0.05) is 37.0 Å². The van der Waals surface area contributed by atoms with Gasteiger partial charge < -0.3 is 14.4 Å². The number of aryl methyl sites for hydroxylation is 1. The molecule has 1 amide bonds. The molecule has 2 aliphatic heterocycles. The standard InChI is InChI=1S/C26H37NO4/c1-19-14-21(26-22(15-19)17-30-18-31-26)16-23(28)10-3-2-4-12-25(29)27-13-7-9-20-8-5-6-11-24(20)27/h14-15,20,24H,2-13,16-18H2,1H3. The van der Waals surface area contributed by atoms with Crippen LogP contribution in [0, 0.1) is 12.8 Å². The summed E-state index contributed by atoms with van der Waals surface area (Å²) < 4.78 is 11.0. The average Bonchev–Trinajstić information content (AvgIpc) is 2.78. The van der Waals surface area contributed by atoms with Crippen molar-refractivity contribution in [3.05, 3.63) is 28.8 Å². The number of nitrogens with zero attached hydrogens (tertiary/aromatic N) is 1. The Balaban J connectivity index is 1.18. The number of carbonyl (C=O) groups is 2. The third-order valence-corrected chi connectivity index (χ3v) is 7.23. The number of ether oxygens (including phenoxy) is 2. The van der Waals surface area contributed by atoms with Gasteiger partial charge in [0.05, 0.1) is 6.61 Å². The molecule has 0 spiro atoms. The van der Waals surface area contributed by atoms with Crippen molar-refractivity contribution in [2.75, 3.05) is 13.3 Å². The molecule has 1 aromatic rings. The third kappa shape index (κ3) is 5.68. The van der Waals surface area contributed by atoms with E-state index in [2.05, 4.69) is 17.0 Å². The molecular formula is C26H37NO4. The molecule has 2 atom stereocenters. The second-order valence-electron chi connectivity index (χ2n) is 9.64. The lowest BCUT2D eigenvalue weighted by Crippen LogP contribution is -2.49. The van der Waals surface area contributed by atoms with Crippen LogP contribution in [0.4, 0.5) is 0 Å². The maximum Gasteiger partial charge on any atom is 0.222 e. The zero-order chi connectivity index (χ0) is 21.6. The second kappa shape index (κ2) is 10.6. The van der Waals surface area contributed by atoms with E-state index in [9.17, 15) is 9.59 Å². The molecule has 0 bridgehead atoms. The normalized spacial score (nSPS) is 22.9. The van der Waals surface area contributed by atoms with Crippen molar-refractivity contribution in [1.29, 1.82) is 0 Å². The van der Waals surface area contributed by atoms with Crippen molar-refractivity contribution in [1.82, 2.24) is 4.90 Å². The van der Waals surface area contributed by atoms with E-state index in [1.165, 1.54) is 38.5 Å². The monoisotopic (exact) mass is 427 g/mol. The minimum atomic E-state index is 0.246. The van der Waals surface area contributed by atoms with Crippen LogP contribution >= 0.6 is 0 Å². The number of fused-ring (bicyclic) bond motifs is 2. The fraction of sp³-hybridized carbons (Fsp3) is 0.692. The molecule has 1 aliphatic carbocycles. The molecule has 2 heterocycles. The van der Waals surface area contributed by atoms with Crippen molar-refractivity contribution >= 4 is 11.7 Å². The van der Waals surface area contributed by atoms with Crippen LogP contribution in [0.2, 0.25) is 0 Å². The number of carbonyl (C=O) groups excluding carboxylic acids is 2. The molecule has 2 fully saturated rings. The minimum absolute atomic E-state index is 0.246. The number of rotatable bonds is 8. The Kier molecular flexibility index (Phi) is 7.65. The molecule has 5 nitrogen and oxygen atoms in total. The largest absolute Gasteiger partial charge is 0.467 e. The second-order valence-corrected chi connectivity index (χ2v) is 9.64. The zero-order valence-electron chi connectivity index (χ0n) is 19.0. The summed E-state index contributed by atoms with van der Waals surface area (Å²) in [5.74, 6) is 2.16. The lowest BCUT2D eigenvalue weighted by Gasteiger charge is -2.44. The molecule has 0 radical (unpaired) electrons. The Hall–Kier alpha value is -1.88. The number of likely N-dealkylation sites (tertiary alicyclic amines) is 1. The van der Waals surface area contributed by atoms with Gasteiger partial charge in [0, 0.05) is 43.0 Å².